The molecule has 0 aliphatic heterocycles. The van der Waals surface area contributed by atoms with Gasteiger partial charge in [-0.15, -0.1) is 0 Å². The SMILES string of the molecule is CC(Nc1cc(C(N)=O)ccc1N)c1cn[nH]c1. The van der Waals surface area contributed by atoms with E-state index in [4.69, 9.17) is 11.5 Å². The zero-order valence-corrected chi connectivity index (χ0v) is 9.97. The summed E-state index contributed by atoms with van der Waals surface area (Å²) in [5, 5.41) is 9.84. The Balaban J connectivity index is 2.23. The van der Waals surface area contributed by atoms with E-state index in [-0.39, 0.29) is 6.04 Å². The molecular weight excluding hydrogens is 230 g/mol. The van der Waals surface area contributed by atoms with E-state index in [0.717, 1.165) is 5.56 Å². The van der Waals surface area contributed by atoms with Crippen LogP contribution in [0.5, 0.6) is 0 Å². The Morgan fingerprint density at radius 1 is 1.50 bits per heavy atom. The first kappa shape index (κ1) is 12.0. The quantitative estimate of drug-likeness (QED) is 0.608. The minimum absolute atomic E-state index is 0.0224. The fourth-order valence-corrected chi connectivity index (χ4v) is 1.65. The van der Waals surface area contributed by atoms with Gasteiger partial charge in [0.2, 0.25) is 5.91 Å². The number of primary amides is 1. The lowest BCUT2D eigenvalue weighted by Crippen LogP contribution is -2.13. The van der Waals surface area contributed by atoms with E-state index in [1.807, 2.05) is 6.92 Å². The summed E-state index contributed by atoms with van der Waals surface area (Å²) in [7, 11) is 0. The molecule has 6 N–H and O–H groups in total. The second-order valence-corrected chi connectivity index (χ2v) is 4.06. The second-order valence-electron chi connectivity index (χ2n) is 4.06. The first-order valence-electron chi connectivity index (χ1n) is 5.52. The van der Waals surface area contributed by atoms with Gasteiger partial charge in [0.25, 0.3) is 0 Å². The lowest BCUT2D eigenvalue weighted by Gasteiger charge is -2.16. The first-order valence-corrected chi connectivity index (χ1v) is 5.52. The van der Waals surface area contributed by atoms with Crippen molar-refractivity contribution >= 4 is 17.3 Å². The fraction of sp³-hybridized carbons (Fsp3) is 0.167. The molecule has 94 valence electrons. The summed E-state index contributed by atoms with van der Waals surface area (Å²) in [5.41, 5.74) is 13.8. The van der Waals surface area contributed by atoms with E-state index >= 15 is 0 Å². The van der Waals surface area contributed by atoms with Crippen molar-refractivity contribution < 1.29 is 4.79 Å². The van der Waals surface area contributed by atoms with E-state index in [2.05, 4.69) is 15.5 Å². The van der Waals surface area contributed by atoms with Gasteiger partial charge in [-0.3, -0.25) is 9.89 Å². The number of aromatic amines is 1. The molecule has 1 amide bonds. The molecule has 0 saturated heterocycles. The number of H-pyrrole nitrogens is 1. The molecule has 1 aromatic heterocycles. The average molecular weight is 245 g/mol. The molecule has 0 bridgehead atoms. The molecular formula is C12H15N5O. The molecule has 0 radical (unpaired) electrons. The largest absolute Gasteiger partial charge is 0.397 e. The number of aromatic nitrogens is 2. The minimum atomic E-state index is -0.478. The normalized spacial score (nSPS) is 12.1. The van der Waals surface area contributed by atoms with Crippen LogP contribution >= 0.6 is 0 Å². The van der Waals surface area contributed by atoms with Gasteiger partial charge in [-0.2, -0.15) is 5.10 Å². The molecule has 1 heterocycles. The van der Waals surface area contributed by atoms with E-state index in [1.54, 1.807) is 30.6 Å². The van der Waals surface area contributed by atoms with E-state index in [1.165, 1.54) is 0 Å². The van der Waals surface area contributed by atoms with Gasteiger partial charge in [0, 0.05) is 17.3 Å². The number of amides is 1. The van der Waals surface area contributed by atoms with E-state index in [0.29, 0.717) is 16.9 Å². The van der Waals surface area contributed by atoms with Crippen LogP contribution in [0.3, 0.4) is 0 Å². The molecule has 0 aliphatic carbocycles. The van der Waals surface area contributed by atoms with Crippen LogP contribution in [0.1, 0.15) is 28.9 Å². The number of hydrogen-bond acceptors (Lipinski definition) is 4. The van der Waals surface area contributed by atoms with Gasteiger partial charge in [-0.25, -0.2) is 0 Å². The third-order valence-corrected chi connectivity index (χ3v) is 2.73. The third-order valence-electron chi connectivity index (χ3n) is 2.73. The summed E-state index contributed by atoms with van der Waals surface area (Å²) in [4.78, 5) is 11.1. The zero-order chi connectivity index (χ0) is 13.1. The maximum Gasteiger partial charge on any atom is 0.248 e. The average Bonchev–Trinajstić information content (AvgIpc) is 2.85. The third kappa shape index (κ3) is 2.42. The summed E-state index contributed by atoms with van der Waals surface area (Å²) < 4.78 is 0. The van der Waals surface area contributed by atoms with Crippen molar-refractivity contribution in [2.75, 3.05) is 11.1 Å². The van der Waals surface area contributed by atoms with Crippen molar-refractivity contribution in [2.24, 2.45) is 5.73 Å². The maximum atomic E-state index is 11.1. The van der Waals surface area contributed by atoms with Gasteiger partial charge in [0.15, 0.2) is 0 Å². The van der Waals surface area contributed by atoms with Crippen molar-refractivity contribution in [3.63, 3.8) is 0 Å². The highest BCUT2D eigenvalue weighted by Gasteiger charge is 2.10. The van der Waals surface area contributed by atoms with Crippen molar-refractivity contribution in [1.82, 2.24) is 10.2 Å². The van der Waals surface area contributed by atoms with Crippen LogP contribution in [0, 0.1) is 0 Å². The van der Waals surface area contributed by atoms with Crippen LogP contribution in [0.25, 0.3) is 0 Å². The number of nitrogens with two attached hydrogens (primary N) is 2. The van der Waals surface area contributed by atoms with E-state index in [9.17, 15) is 4.79 Å². The Labute approximate surface area is 104 Å². The standard InChI is InChI=1S/C12H15N5O/c1-7(9-5-15-16-6-9)17-11-4-8(12(14)18)2-3-10(11)13/h2-7,17H,13H2,1H3,(H2,14,18)(H,15,16). The maximum absolute atomic E-state index is 11.1. The van der Waals surface area contributed by atoms with Gasteiger partial charge >= 0.3 is 0 Å². The highest BCUT2D eigenvalue weighted by molar-refractivity contribution is 5.94. The van der Waals surface area contributed by atoms with Crippen molar-refractivity contribution in [1.29, 1.82) is 0 Å². The molecule has 0 aliphatic rings. The monoisotopic (exact) mass is 245 g/mol. The summed E-state index contributed by atoms with van der Waals surface area (Å²) in [6.45, 7) is 1.97. The van der Waals surface area contributed by atoms with Crippen molar-refractivity contribution in [2.45, 2.75) is 13.0 Å². The fourth-order valence-electron chi connectivity index (χ4n) is 1.65. The molecule has 0 spiro atoms. The summed E-state index contributed by atoms with van der Waals surface area (Å²) in [6, 6.07) is 4.93. The predicted molar refractivity (Wildman–Crippen MR) is 70.0 cm³/mol. The number of carbonyl (C=O) groups excluding carboxylic acids is 1. The summed E-state index contributed by atoms with van der Waals surface area (Å²) in [6.07, 6.45) is 3.53. The number of nitrogens with zero attached hydrogens (tertiary/aromatic N) is 1. The zero-order valence-electron chi connectivity index (χ0n) is 9.97. The number of carbonyl (C=O) groups is 1. The van der Waals surface area contributed by atoms with Crippen LogP contribution in [0.4, 0.5) is 11.4 Å². The molecule has 1 aromatic carbocycles. The molecule has 1 unspecified atom stereocenters. The molecule has 6 heteroatoms. The van der Waals surface area contributed by atoms with Gasteiger partial charge in [0.1, 0.15) is 0 Å². The molecule has 2 rings (SSSR count). The van der Waals surface area contributed by atoms with Crippen LogP contribution in [0.2, 0.25) is 0 Å². The van der Waals surface area contributed by atoms with Gasteiger partial charge in [0.05, 0.1) is 23.6 Å². The number of anilines is 2. The predicted octanol–water partition coefficient (Wildman–Crippen LogP) is 1.26. The molecule has 18 heavy (non-hydrogen) atoms. The van der Waals surface area contributed by atoms with E-state index < -0.39 is 5.91 Å². The molecule has 6 nitrogen and oxygen atoms in total. The molecule has 0 saturated carbocycles. The van der Waals surface area contributed by atoms with Gasteiger partial charge in [-0.1, -0.05) is 0 Å². The van der Waals surface area contributed by atoms with Crippen LogP contribution in [-0.2, 0) is 0 Å². The molecule has 2 aromatic rings. The minimum Gasteiger partial charge on any atom is -0.397 e. The number of nitrogens with one attached hydrogen (secondary N) is 2. The second kappa shape index (κ2) is 4.79. The topological polar surface area (TPSA) is 110 Å². The molecule has 0 fully saturated rings. The number of rotatable bonds is 4. The van der Waals surface area contributed by atoms with Crippen molar-refractivity contribution in [3.05, 3.63) is 41.7 Å². The highest BCUT2D eigenvalue weighted by atomic mass is 16.1. The van der Waals surface area contributed by atoms with Crippen LogP contribution in [-0.4, -0.2) is 16.1 Å². The summed E-state index contributed by atoms with van der Waals surface area (Å²) in [5.74, 6) is -0.478. The lowest BCUT2D eigenvalue weighted by molar-refractivity contribution is 0.100. The molecule has 1 atom stereocenters. The Bertz CT molecular complexity index is 550. The Morgan fingerprint density at radius 2 is 2.28 bits per heavy atom. The van der Waals surface area contributed by atoms with Crippen LogP contribution in [0.15, 0.2) is 30.6 Å². The van der Waals surface area contributed by atoms with Gasteiger partial charge < -0.3 is 16.8 Å². The first-order chi connectivity index (χ1) is 8.58. The van der Waals surface area contributed by atoms with Gasteiger partial charge in [-0.05, 0) is 25.1 Å². The Kier molecular flexibility index (Phi) is 3.18. The Morgan fingerprint density at radius 3 is 2.89 bits per heavy atom. The van der Waals surface area contributed by atoms with Crippen LogP contribution < -0.4 is 16.8 Å². The lowest BCUT2D eigenvalue weighted by atomic mass is 10.1. The number of hydrogen-bond donors (Lipinski definition) is 4. The summed E-state index contributed by atoms with van der Waals surface area (Å²) >= 11 is 0. The highest BCUT2D eigenvalue weighted by Crippen LogP contribution is 2.24. The Hall–Kier alpha value is -2.50. The number of benzene rings is 1. The number of nitrogen functional groups attached to an aromatic ring is 1. The van der Waals surface area contributed by atoms with Crippen molar-refractivity contribution in [3.8, 4) is 0 Å². The smallest absolute Gasteiger partial charge is 0.248 e.